The van der Waals surface area contributed by atoms with Crippen molar-refractivity contribution in [1.82, 2.24) is 9.91 Å². The maximum absolute atomic E-state index is 12.5. The molecule has 0 aromatic heterocycles. The van der Waals surface area contributed by atoms with Gasteiger partial charge in [0.2, 0.25) is 5.91 Å². The third kappa shape index (κ3) is 4.82. The van der Waals surface area contributed by atoms with Gasteiger partial charge in [0.1, 0.15) is 0 Å². The zero-order valence-corrected chi connectivity index (χ0v) is 17.3. The Morgan fingerprint density at radius 3 is 2.22 bits per heavy atom. The lowest BCUT2D eigenvalue weighted by atomic mass is 10.0. The Hall–Kier alpha value is -1.59. The van der Waals surface area contributed by atoms with E-state index in [-0.39, 0.29) is 30.7 Å². The van der Waals surface area contributed by atoms with Crippen molar-refractivity contribution in [3.05, 3.63) is 65.2 Å². The molecule has 146 valence electrons. The lowest BCUT2D eigenvalue weighted by molar-refractivity contribution is -0.122. The Bertz CT molecular complexity index is 758. The number of piperazine rings is 1. The van der Waals surface area contributed by atoms with Crippen molar-refractivity contribution < 1.29 is 4.79 Å². The second-order valence-corrected chi connectivity index (χ2v) is 7.05. The summed E-state index contributed by atoms with van der Waals surface area (Å²) in [6, 6.07) is 17.1. The predicted octanol–water partition coefficient (Wildman–Crippen LogP) is 3.85. The number of carbonyl (C=O) groups is 1. The Balaban J connectivity index is 0.00000131. The highest BCUT2D eigenvalue weighted by molar-refractivity contribution is 5.95. The van der Waals surface area contributed by atoms with Crippen LogP contribution < -0.4 is 5.01 Å². The van der Waals surface area contributed by atoms with Crippen LogP contribution in [0, 0.1) is 6.92 Å². The molecule has 6 heteroatoms. The first-order valence-corrected chi connectivity index (χ1v) is 9.14. The third-order valence-corrected chi connectivity index (χ3v) is 5.22. The summed E-state index contributed by atoms with van der Waals surface area (Å²) in [5, 5.41) is 4.16. The van der Waals surface area contributed by atoms with E-state index in [0.717, 1.165) is 44.8 Å². The number of anilines is 1. The fourth-order valence-electron chi connectivity index (χ4n) is 3.77. The minimum Gasteiger partial charge on any atom is -0.296 e. The van der Waals surface area contributed by atoms with Crippen LogP contribution in [-0.2, 0) is 17.8 Å². The molecule has 0 unspecified atom stereocenters. The van der Waals surface area contributed by atoms with Crippen molar-refractivity contribution in [2.45, 2.75) is 26.3 Å². The van der Waals surface area contributed by atoms with Crippen molar-refractivity contribution in [2.24, 2.45) is 0 Å². The van der Waals surface area contributed by atoms with E-state index in [0.29, 0.717) is 6.42 Å². The van der Waals surface area contributed by atoms with Gasteiger partial charge in [-0.1, -0.05) is 48.0 Å². The molecule has 2 heterocycles. The van der Waals surface area contributed by atoms with E-state index in [1.165, 1.54) is 16.7 Å². The summed E-state index contributed by atoms with van der Waals surface area (Å²) >= 11 is 0. The number of aryl methyl sites for hydroxylation is 2. The molecule has 0 aliphatic carbocycles. The van der Waals surface area contributed by atoms with Gasteiger partial charge in [0, 0.05) is 39.1 Å². The van der Waals surface area contributed by atoms with E-state index in [1.54, 1.807) is 0 Å². The van der Waals surface area contributed by atoms with Crippen LogP contribution in [-0.4, -0.2) is 42.0 Å². The number of benzene rings is 2. The summed E-state index contributed by atoms with van der Waals surface area (Å²) in [4.78, 5) is 15.0. The lowest BCUT2D eigenvalue weighted by Crippen LogP contribution is -2.56. The number of hydrazine groups is 1. The molecule has 4 rings (SSSR count). The molecule has 2 aliphatic heterocycles. The molecule has 0 spiro atoms. The summed E-state index contributed by atoms with van der Waals surface area (Å²) in [6.45, 7) is 6.87. The molecular weight excluding hydrogens is 381 g/mol. The van der Waals surface area contributed by atoms with Gasteiger partial charge < -0.3 is 0 Å². The minimum absolute atomic E-state index is 0. The summed E-state index contributed by atoms with van der Waals surface area (Å²) < 4.78 is 0. The van der Waals surface area contributed by atoms with Crippen molar-refractivity contribution in [3.8, 4) is 0 Å². The molecule has 1 fully saturated rings. The molecule has 2 aromatic rings. The molecule has 1 saturated heterocycles. The van der Waals surface area contributed by atoms with Crippen LogP contribution in [0.5, 0.6) is 0 Å². The summed E-state index contributed by atoms with van der Waals surface area (Å²) in [7, 11) is 0. The van der Waals surface area contributed by atoms with Gasteiger partial charge in [0.25, 0.3) is 0 Å². The Morgan fingerprint density at radius 1 is 0.852 bits per heavy atom. The number of amides is 1. The van der Waals surface area contributed by atoms with Crippen LogP contribution in [0.1, 0.15) is 23.1 Å². The highest BCUT2D eigenvalue weighted by Crippen LogP contribution is 2.29. The van der Waals surface area contributed by atoms with E-state index in [2.05, 4.69) is 59.3 Å². The highest BCUT2D eigenvalue weighted by atomic mass is 35.5. The van der Waals surface area contributed by atoms with Crippen LogP contribution in [0.25, 0.3) is 0 Å². The Morgan fingerprint density at radius 2 is 1.52 bits per heavy atom. The van der Waals surface area contributed by atoms with Crippen LogP contribution in [0.15, 0.2) is 48.5 Å². The first-order chi connectivity index (χ1) is 12.2. The molecule has 0 atom stereocenters. The highest BCUT2D eigenvalue weighted by Gasteiger charge is 2.31. The number of para-hydroxylation sites is 1. The normalized spacial score (nSPS) is 17.7. The largest absolute Gasteiger partial charge is 0.296 e. The number of nitrogens with zero attached hydrogens (tertiary/aromatic N) is 3. The molecule has 0 N–H and O–H groups in total. The average molecular weight is 408 g/mol. The van der Waals surface area contributed by atoms with E-state index >= 15 is 0 Å². The molecule has 2 aliphatic rings. The van der Waals surface area contributed by atoms with Gasteiger partial charge in [-0.05, 0) is 30.5 Å². The molecule has 0 radical (unpaired) electrons. The topological polar surface area (TPSA) is 26.8 Å². The van der Waals surface area contributed by atoms with Crippen LogP contribution in [0.3, 0.4) is 0 Å². The first-order valence-electron chi connectivity index (χ1n) is 9.14. The van der Waals surface area contributed by atoms with E-state index < -0.39 is 0 Å². The fraction of sp³-hybridized carbons (Fsp3) is 0.381. The zero-order chi connectivity index (χ0) is 17.2. The summed E-state index contributed by atoms with van der Waals surface area (Å²) in [5.74, 6) is 0.227. The predicted molar refractivity (Wildman–Crippen MR) is 115 cm³/mol. The minimum atomic E-state index is 0. The smallest absolute Gasteiger partial charge is 0.241 e. The zero-order valence-electron chi connectivity index (χ0n) is 15.6. The van der Waals surface area contributed by atoms with Gasteiger partial charge >= 0.3 is 0 Å². The van der Waals surface area contributed by atoms with Crippen LogP contribution >= 0.6 is 24.8 Å². The number of hydrogen-bond donors (Lipinski definition) is 0. The molecule has 27 heavy (non-hydrogen) atoms. The number of halogens is 2. The SMILES string of the molecule is Cc1ccc(CN2CCN(N3C(=O)CCc4ccccc43)CC2)cc1.Cl.Cl. The van der Waals surface area contributed by atoms with Gasteiger partial charge in [-0.2, -0.15) is 0 Å². The standard InChI is InChI=1S/C21H25N3O.2ClH/c1-17-6-8-18(9-7-17)16-22-12-14-23(15-13-22)24-20-5-3-2-4-19(20)10-11-21(24)25;;/h2-9H,10-16H2,1H3;2*1H. The monoisotopic (exact) mass is 407 g/mol. The van der Waals surface area contributed by atoms with Crippen molar-refractivity contribution in [3.63, 3.8) is 0 Å². The first kappa shape index (κ1) is 21.7. The molecule has 0 bridgehead atoms. The Kier molecular flexibility index (Phi) is 7.68. The molecule has 4 nitrogen and oxygen atoms in total. The quantitative estimate of drug-likeness (QED) is 0.772. The van der Waals surface area contributed by atoms with Crippen molar-refractivity contribution in [1.29, 1.82) is 0 Å². The maximum atomic E-state index is 12.5. The fourth-order valence-corrected chi connectivity index (χ4v) is 3.77. The van der Waals surface area contributed by atoms with E-state index in [1.807, 2.05) is 11.1 Å². The molecule has 1 amide bonds. The number of hydrogen-bond acceptors (Lipinski definition) is 3. The van der Waals surface area contributed by atoms with Gasteiger partial charge in [-0.3, -0.25) is 9.69 Å². The number of carbonyl (C=O) groups excluding carboxylic acids is 1. The number of fused-ring (bicyclic) bond motifs is 1. The summed E-state index contributed by atoms with van der Waals surface area (Å²) in [6.07, 6.45) is 1.47. The van der Waals surface area contributed by atoms with Crippen LogP contribution in [0.4, 0.5) is 5.69 Å². The second kappa shape index (κ2) is 9.56. The summed E-state index contributed by atoms with van der Waals surface area (Å²) in [5.41, 5.74) is 5.02. The van der Waals surface area contributed by atoms with E-state index in [9.17, 15) is 4.79 Å². The second-order valence-electron chi connectivity index (χ2n) is 7.05. The van der Waals surface area contributed by atoms with E-state index in [4.69, 9.17) is 0 Å². The lowest BCUT2D eigenvalue weighted by Gasteiger charge is -2.43. The maximum Gasteiger partial charge on any atom is 0.241 e. The molecule has 0 saturated carbocycles. The Labute approximate surface area is 173 Å². The third-order valence-electron chi connectivity index (χ3n) is 5.22. The molecule has 2 aromatic carbocycles. The van der Waals surface area contributed by atoms with Crippen LogP contribution in [0.2, 0.25) is 0 Å². The van der Waals surface area contributed by atoms with Gasteiger partial charge in [-0.25, -0.2) is 10.0 Å². The number of rotatable bonds is 3. The van der Waals surface area contributed by atoms with Gasteiger partial charge in [-0.15, -0.1) is 24.8 Å². The average Bonchev–Trinajstić information content (AvgIpc) is 2.64. The van der Waals surface area contributed by atoms with Gasteiger partial charge in [0.15, 0.2) is 0 Å². The van der Waals surface area contributed by atoms with Crippen molar-refractivity contribution >= 4 is 36.4 Å². The van der Waals surface area contributed by atoms with Gasteiger partial charge in [0.05, 0.1) is 5.69 Å². The molecular formula is C21H27Cl2N3O. The van der Waals surface area contributed by atoms with Crippen molar-refractivity contribution in [2.75, 3.05) is 31.2 Å².